The molecule has 0 bridgehead atoms. The minimum atomic E-state index is -2.27. The number of carboxylic acid groups (broad SMARTS) is 2. The summed E-state index contributed by atoms with van der Waals surface area (Å²) in [6.07, 6.45) is 0.404. The predicted octanol–water partition coefficient (Wildman–Crippen LogP) is -0.813. The number of rotatable bonds is 9. The third-order valence-corrected chi connectivity index (χ3v) is 2.34. The Kier molecular flexibility index (Phi) is 13.5. The lowest BCUT2D eigenvalue weighted by atomic mass is 10.1. The molecule has 8 heteroatoms. The van der Waals surface area contributed by atoms with E-state index in [0.29, 0.717) is 6.61 Å². The second kappa shape index (κ2) is 12.8. The maximum Gasteiger partial charge on any atom is 0.335 e. The number of aliphatic carboxylic acids is 2. The van der Waals surface area contributed by atoms with Crippen LogP contribution in [0.1, 0.15) is 39.0 Å². The third kappa shape index (κ3) is 13.2. The fraction of sp³-hybridized carbons (Fsp3) is 0.833. The molecule has 3 atom stereocenters. The lowest BCUT2D eigenvalue weighted by Gasteiger charge is -2.07. The first kappa shape index (κ1) is 21.1. The molecule has 0 aromatic rings. The molecule has 8 nitrogen and oxygen atoms in total. The summed E-state index contributed by atoms with van der Waals surface area (Å²) < 4.78 is 0. The summed E-state index contributed by atoms with van der Waals surface area (Å²) in [7, 11) is 0. The molecule has 120 valence electrons. The Morgan fingerprint density at radius 3 is 1.55 bits per heavy atom. The molecule has 0 aliphatic rings. The summed E-state index contributed by atoms with van der Waals surface area (Å²) >= 11 is 0. The van der Waals surface area contributed by atoms with Crippen molar-refractivity contribution in [3.63, 3.8) is 0 Å². The highest BCUT2D eigenvalue weighted by molar-refractivity contribution is 5.83. The van der Waals surface area contributed by atoms with Crippen molar-refractivity contribution >= 4 is 11.9 Å². The molecular weight excluding hydrogens is 272 g/mol. The van der Waals surface area contributed by atoms with Gasteiger partial charge in [0.05, 0.1) is 6.10 Å². The van der Waals surface area contributed by atoms with Gasteiger partial charge in [-0.25, -0.2) is 9.59 Å². The Labute approximate surface area is 117 Å². The fourth-order valence-electron chi connectivity index (χ4n) is 1.18. The van der Waals surface area contributed by atoms with E-state index in [9.17, 15) is 9.59 Å². The van der Waals surface area contributed by atoms with Gasteiger partial charge in [-0.05, 0) is 19.8 Å². The fourth-order valence-corrected chi connectivity index (χ4v) is 1.18. The van der Waals surface area contributed by atoms with E-state index >= 15 is 0 Å². The van der Waals surface area contributed by atoms with Crippen LogP contribution in [-0.4, -0.2) is 67.5 Å². The second-order valence-electron chi connectivity index (χ2n) is 4.34. The van der Waals surface area contributed by atoms with Crippen LogP contribution in [0, 0.1) is 0 Å². The molecule has 0 heterocycles. The van der Waals surface area contributed by atoms with Crippen molar-refractivity contribution < 1.29 is 40.2 Å². The van der Waals surface area contributed by atoms with Crippen molar-refractivity contribution in [2.24, 2.45) is 0 Å². The zero-order chi connectivity index (χ0) is 16.1. The summed E-state index contributed by atoms with van der Waals surface area (Å²) in [5.41, 5.74) is 0. The highest BCUT2D eigenvalue weighted by Gasteiger charge is 2.29. The summed E-state index contributed by atoms with van der Waals surface area (Å²) in [5.74, 6) is -3.54. The third-order valence-electron chi connectivity index (χ3n) is 2.34. The average Bonchev–Trinajstić information content (AvgIpc) is 2.36. The molecule has 3 unspecified atom stereocenters. The van der Waals surface area contributed by atoms with Crippen molar-refractivity contribution in [1.29, 1.82) is 0 Å². The molecule has 0 saturated heterocycles. The molecule has 20 heavy (non-hydrogen) atoms. The van der Waals surface area contributed by atoms with Gasteiger partial charge in [0.2, 0.25) is 0 Å². The molecule has 0 spiro atoms. The molecule has 6 N–H and O–H groups in total. The number of hydrogen-bond donors (Lipinski definition) is 6. The van der Waals surface area contributed by atoms with Crippen LogP contribution in [0.5, 0.6) is 0 Å². The maximum absolute atomic E-state index is 9.77. The van der Waals surface area contributed by atoms with Crippen LogP contribution in [-0.2, 0) is 9.59 Å². The summed E-state index contributed by atoms with van der Waals surface area (Å²) in [6, 6.07) is 0. The zero-order valence-corrected chi connectivity index (χ0v) is 11.5. The van der Waals surface area contributed by atoms with E-state index in [1.165, 1.54) is 0 Å². The van der Waals surface area contributed by atoms with Gasteiger partial charge in [-0.1, -0.05) is 19.3 Å². The first-order chi connectivity index (χ1) is 9.23. The van der Waals surface area contributed by atoms with Gasteiger partial charge in [-0.3, -0.25) is 0 Å². The van der Waals surface area contributed by atoms with E-state index < -0.39 is 24.1 Å². The van der Waals surface area contributed by atoms with Gasteiger partial charge in [0.15, 0.2) is 12.2 Å². The number of aliphatic hydroxyl groups excluding tert-OH is 4. The summed E-state index contributed by atoms with van der Waals surface area (Å²) in [6.45, 7) is 2.11. The van der Waals surface area contributed by atoms with Gasteiger partial charge in [-0.15, -0.1) is 0 Å². The quantitative estimate of drug-likeness (QED) is 0.302. The van der Waals surface area contributed by atoms with Crippen molar-refractivity contribution in [2.75, 3.05) is 6.61 Å². The van der Waals surface area contributed by atoms with Crippen LogP contribution < -0.4 is 0 Å². The SMILES string of the molecule is CC(O)CCCCCCO.O=C(O)C(O)C(O)C(=O)O. The topological polar surface area (TPSA) is 156 Å². The first-order valence-electron chi connectivity index (χ1n) is 6.34. The van der Waals surface area contributed by atoms with E-state index in [1.54, 1.807) is 0 Å². The molecular formula is C12H24O8. The minimum absolute atomic E-state index is 0.158. The number of aliphatic hydroxyl groups is 4. The first-order valence-corrected chi connectivity index (χ1v) is 6.34. The van der Waals surface area contributed by atoms with E-state index in [1.807, 2.05) is 6.92 Å². The average molecular weight is 296 g/mol. The van der Waals surface area contributed by atoms with Gasteiger partial charge in [0.25, 0.3) is 0 Å². The molecule has 0 rings (SSSR count). The van der Waals surface area contributed by atoms with E-state index in [2.05, 4.69) is 0 Å². The summed E-state index contributed by atoms with van der Waals surface area (Å²) in [5, 5.41) is 49.8. The molecule has 0 amide bonds. The molecule has 0 aliphatic heterocycles. The number of hydrogen-bond acceptors (Lipinski definition) is 6. The highest BCUT2D eigenvalue weighted by Crippen LogP contribution is 2.04. The Morgan fingerprint density at radius 2 is 1.25 bits per heavy atom. The maximum atomic E-state index is 9.77. The largest absolute Gasteiger partial charge is 0.479 e. The lowest BCUT2D eigenvalue weighted by Crippen LogP contribution is -2.39. The van der Waals surface area contributed by atoms with Gasteiger partial charge < -0.3 is 30.6 Å². The van der Waals surface area contributed by atoms with Crippen LogP contribution in [0.2, 0.25) is 0 Å². The van der Waals surface area contributed by atoms with E-state index in [4.69, 9.17) is 30.6 Å². The van der Waals surface area contributed by atoms with Crippen molar-refractivity contribution in [2.45, 2.75) is 57.3 Å². The molecule has 0 fully saturated rings. The molecule has 0 aromatic carbocycles. The van der Waals surface area contributed by atoms with Gasteiger partial charge >= 0.3 is 11.9 Å². The second-order valence-corrected chi connectivity index (χ2v) is 4.34. The smallest absolute Gasteiger partial charge is 0.335 e. The van der Waals surface area contributed by atoms with Gasteiger partial charge in [0, 0.05) is 6.61 Å². The molecule has 0 saturated carbocycles. The monoisotopic (exact) mass is 296 g/mol. The predicted molar refractivity (Wildman–Crippen MR) is 69.1 cm³/mol. The van der Waals surface area contributed by atoms with Crippen molar-refractivity contribution in [3.8, 4) is 0 Å². The van der Waals surface area contributed by atoms with Crippen LogP contribution >= 0.6 is 0 Å². The van der Waals surface area contributed by atoms with Crippen molar-refractivity contribution in [3.05, 3.63) is 0 Å². The number of carbonyl (C=O) groups is 2. The van der Waals surface area contributed by atoms with E-state index in [0.717, 1.165) is 32.1 Å². The molecule has 0 aliphatic carbocycles. The molecule has 0 aromatic heterocycles. The van der Waals surface area contributed by atoms with Crippen LogP contribution in [0.3, 0.4) is 0 Å². The van der Waals surface area contributed by atoms with Crippen LogP contribution in [0.4, 0.5) is 0 Å². The number of unbranched alkanes of at least 4 members (excludes halogenated alkanes) is 3. The number of carboxylic acids is 2. The van der Waals surface area contributed by atoms with Crippen LogP contribution in [0.15, 0.2) is 0 Å². The normalized spacial score (nSPS) is 14.7. The standard InChI is InChI=1S/C8H18O2.C4H6O6/c1-8(10)6-4-2-3-5-7-9;5-1(3(7)8)2(6)4(9)10/h8-10H,2-7H2,1H3;1-2,5-6H,(H,7,8)(H,9,10). The van der Waals surface area contributed by atoms with Gasteiger partial charge in [0.1, 0.15) is 0 Å². The Hall–Kier alpha value is -1.22. The van der Waals surface area contributed by atoms with Crippen molar-refractivity contribution in [1.82, 2.24) is 0 Å². The zero-order valence-electron chi connectivity index (χ0n) is 11.5. The summed E-state index contributed by atoms with van der Waals surface area (Å²) in [4.78, 5) is 19.5. The van der Waals surface area contributed by atoms with Gasteiger partial charge in [-0.2, -0.15) is 0 Å². The van der Waals surface area contributed by atoms with Crippen LogP contribution in [0.25, 0.3) is 0 Å². The lowest BCUT2D eigenvalue weighted by molar-refractivity contribution is -0.165. The Morgan fingerprint density at radius 1 is 0.850 bits per heavy atom. The molecule has 0 radical (unpaired) electrons. The Bertz CT molecular complexity index is 248. The highest BCUT2D eigenvalue weighted by atomic mass is 16.4. The minimum Gasteiger partial charge on any atom is -0.479 e. The van der Waals surface area contributed by atoms with E-state index in [-0.39, 0.29) is 6.10 Å². The Balaban J connectivity index is 0.